The van der Waals surface area contributed by atoms with Gasteiger partial charge in [-0.2, -0.15) is 0 Å². The van der Waals surface area contributed by atoms with Gasteiger partial charge in [0.2, 0.25) is 0 Å². The van der Waals surface area contributed by atoms with E-state index in [4.69, 9.17) is 19.0 Å². The van der Waals surface area contributed by atoms with Crippen molar-refractivity contribution in [1.29, 1.82) is 0 Å². The summed E-state index contributed by atoms with van der Waals surface area (Å²) in [6.07, 6.45) is 1.85. The molecule has 1 aliphatic rings. The number of benzene rings is 1. The third-order valence-corrected chi connectivity index (χ3v) is 3.88. The molecule has 0 saturated heterocycles. The quantitative estimate of drug-likeness (QED) is 0.863. The van der Waals surface area contributed by atoms with Gasteiger partial charge in [-0.15, -0.1) is 0 Å². The monoisotopic (exact) mass is 345 g/mol. The molecule has 1 amide bonds. The van der Waals surface area contributed by atoms with Gasteiger partial charge in [0, 0.05) is 24.1 Å². The molecule has 7 heteroatoms. The van der Waals surface area contributed by atoms with Gasteiger partial charge in [-0.05, 0) is 13.0 Å². The summed E-state index contributed by atoms with van der Waals surface area (Å²) in [7, 11) is 0. The molecule has 0 unspecified atom stereocenters. The van der Waals surface area contributed by atoms with E-state index in [0.717, 1.165) is 12.0 Å². The molecule has 1 aromatic heterocycles. The first-order valence-electron chi connectivity index (χ1n) is 8.00. The average Bonchev–Trinajstić information content (AvgIpc) is 2.79. The Labute approximate surface area is 144 Å². The number of fused-ring (bicyclic) bond motifs is 1. The van der Waals surface area contributed by atoms with E-state index >= 15 is 0 Å². The Balaban J connectivity index is 1.76. The van der Waals surface area contributed by atoms with E-state index in [1.54, 1.807) is 6.92 Å². The number of para-hydroxylation sites is 1. The van der Waals surface area contributed by atoms with E-state index < -0.39 is 5.97 Å². The zero-order valence-electron chi connectivity index (χ0n) is 13.8. The summed E-state index contributed by atoms with van der Waals surface area (Å²) >= 11 is 0. The number of aryl methyl sites for hydroxylation is 1. The minimum Gasteiger partial charge on any atom is -0.490 e. The third-order valence-electron chi connectivity index (χ3n) is 3.88. The van der Waals surface area contributed by atoms with Crippen molar-refractivity contribution in [1.82, 2.24) is 5.32 Å². The van der Waals surface area contributed by atoms with Crippen LogP contribution in [-0.2, 0) is 17.8 Å². The molecule has 3 rings (SSSR count). The molecule has 1 aliphatic heterocycles. The SMILES string of the molecule is Cc1coc(CC(=O)O)c1C(=O)NCc1cccc2c1OCCCO2. The van der Waals surface area contributed by atoms with Crippen LogP contribution in [0.25, 0.3) is 0 Å². The Bertz CT molecular complexity index is 795. The van der Waals surface area contributed by atoms with Crippen molar-refractivity contribution in [3.63, 3.8) is 0 Å². The van der Waals surface area contributed by atoms with E-state index in [1.165, 1.54) is 6.26 Å². The van der Waals surface area contributed by atoms with E-state index in [9.17, 15) is 9.59 Å². The second-order valence-corrected chi connectivity index (χ2v) is 5.76. The number of furan rings is 1. The number of aliphatic carboxylic acids is 1. The molecular weight excluding hydrogens is 326 g/mol. The second kappa shape index (κ2) is 7.29. The highest BCUT2D eigenvalue weighted by Crippen LogP contribution is 2.33. The van der Waals surface area contributed by atoms with Gasteiger partial charge in [0.05, 0.1) is 25.0 Å². The Morgan fingerprint density at radius 1 is 1.24 bits per heavy atom. The standard InChI is InChI=1S/C18H19NO6/c1-11-10-25-14(8-15(20)21)16(11)18(22)19-9-12-4-2-5-13-17(12)24-7-3-6-23-13/h2,4-5,10H,3,6-9H2,1H3,(H,19,22)(H,20,21). The maximum atomic E-state index is 12.5. The van der Waals surface area contributed by atoms with Crippen LogP contribution in [0.2, 0.25) is 0 Å². The topological polar surface area (TPSA) is 98.0 Å². The molecule has 0 radical (unpaired) electrons. The molecule has 0 saturated carbocycles. The summed E-state index contributed by atoms with van der Waals surface area (Å²) in [6, 6.07) is 5.53. The molecule has 2 heterocycles. The average molecular weight is 345 g/mol. The Kier molecular flexibility index (Phi) is 4.92. The highest BCUT2D eigenvalue weighted by Gasteiger charge is 2.21. The number of nitrogens with one attached hydrogen (secondary N) is 1. The van der Waals surface area contributed by atoms with Crippen molar-refractivity contribution in [3.8, 4) is 11.5 Å². The van der Waals surface area contributed by atoms with Crippen LogP contribution in [0.5, 0.6) is 11.5 Å². The number of carboxylic acids is 1. The molecule has 0 fully saturated rings. The molecule has 0 bridgehead atoms. The fourth-order valence-electron chi connectivity index (χ4n) is 2.73. The van der Waals surface area contributed by atoms with Gasteiger partial charge in [0.15, 0.2) is 11.5 Å². The molecule has 0 atom stereocenters. The fraction of sp³-hybridized carbons (Fsp3) is 0.333. The predicted octanol–water partition coefficient (Wildman–Crippen LogP) is 2.31. The maximum absolute atomic E-state index is 12.5. The zero-order chi connectivity index (χ0) is 17.8. The molecular formula is C18H19NO6. The van der Waals surface area contributed by atoms with Crippen molar-refractivity contribution in [2.24, 2.45) is 0 Å². The minimum absolute atomic E-state index is 0.147. The van der Waals surface area contributed by atoms with Crippen LogP contribution in [0.15, 0.2) is 28.9 Å². The molecule has 132 valence electrons. The van der Waals surface area contributed by atoms with Gasteiger partial charge >= 0.3 is 5.97 Å². The molecule has 0 aliphatic carbocycles. The van der Waals surface area contributed by atoms with Crippen LogP contribution in [0.3, 0.4) is 0 Å². The number of ether oxygens (including phenoxy) is 2. The molecule has 7 nitrogen and oxygen atoms in total. The first kappa shape index (κ1) is 16.9. The highest BCUT2D eigenvalue weighted by molar-refractivity contribution is 5.97. The van der Waals surface area contributed by atoms with Crippen LogP contribution >= 0.6 is 0 Å². The molecule has 1 aromatic carbocycles. The number of carbonyl (C=O) groups excluding carboxylic acids is 1. The zero-order valence-corrected chi connectivity index (χ0v) is 13.8. The lowest BCUT2D eigenvalue weighted by Gasteiger charge is -2.13. The van der Waals surface area contributed by atoms with Crippen molar-refractivity contribution in [2.75, 3.05) is 13.2 Å². The van der Waals surface area contributed by atoms with Gasteiger partial charge in [-0.3, -0.25) is 9.59 Å². The number of hydrogen-bond donors (Lipinski definition) is 2. The van der Waals surface area contributed by atoms with Crippen molar-refractivity contribution in [2.45, 2.75) is 26.3 Å². The summed E-state index contributed by atoms with van der Waals surface area (Å²) in [5.74, 6) is 0.0104. The van der Waals surface area contributed by atoms with Crippen LogP contribution < -0.4 is 14.8 Å². The Hall–Kier alpha value is -2.96. The smallest absolute Gasteiger partial charge is 0.311 e. The van der Waals surface area contributed by atoms with Crippen molar-refractivity contribution in [3.05, 3.63) is 46.9 Å². The van der Waals surface area contributed by atoms with Crippen LogP contribution in [0.4, 0.5) is 0 Å². The van der Waals surface area contributed by atoms with Crippen LogP contribution in [0.1, 0.15) is 33.7 Å². The summed E-state index contributed by atoms with van der Waals surface area (Å²) in [6.45, 7) is 3.09. The van der Waals surface area contributed by atoms with E-state index in [-0.39, 0.29) is 30.2 Å². The Morgan fingerprint density at radius 3 is 2.84 bits per heavy atom. The molecule has 0 spiro atoms. The summed E-state index contributed by atoms with van der Waals surface area (Å²) < 4.78 is 16.6. The lowest BCUT2D eigenvalue weighted by molar-refractivity contribution is -0.136. The van der Waals surface area contributed by atoms with Gasteiger partial charge in [0.1, 0.15) is 12.2 Å². The van der Waals surface area contributed by atoms with Crippen molar-refractivity contribution < 1.29 is 28.6 Å². The second-order valence-electron chi connectivity index (χ2n) is 5.76. The van der Waals surface area contributed by atoms with Crippen LogP contribution in [-0.4, -0.2) is 30.2 Å². The van der Waals surface area contributed by atoms with Gasteiger partial charge in [-0.1, -0.05) is 12.1 Å². The van der Waals surface area contributed by atoms with Crippen LogP contribution in [0, 0.1) is 6.92 Å². The summed E-state index contributed by atoms with van der Waals surface area (Å²) in [4.78, 5) is 23.4. The summed E-state index contributed by atoms with van der Waals surface area (Å²) in [5, 5.41) is 11.7. The number of rotatable bonds is 5. The predicted molar refractivity (Wildman–Crippen MR) is 88.0 cm³/mol. The number of amides is 1. The van der Waals surface area contributed by atoms with Gasteiger partial charge in [0.25, 0.3) is 5.91 Å². The fourth-order valence-corrected chi connectivity index (χ4v) is 2.73. The van der Waals surface area contributed by atoms with E-state index in [0.29, 0.717) is 30.3 Å². The number of hydrogen-bond acceptors (Lipinski definition) is 5. The molecule has 2 aromatic rings. The first-order valence-corrected chi connectivity index (χ1v) is 8.00. The maximum Gasteiger partial charge on any atom is 0.311 e. The van der Waals surface area contributed by atoms with Gasteiger partial charge < -0.3 is 24.3 Å². The largest absolute Gasteiger partial charge is 0.490 e. The number of carboxylic acid groups (broad SMARTS) is 1. The van der Waals surface area contributed by atoms with Gasteiger partial charge in [-0.25, -0.2) is 0 Å². The number of carbonyl (C=O) groups is 2. The molecule has 2 N–H and O–H groups in total. The summed E-state index contributed by atoms with van der Waals surface area (Å²) in [5.41, 5.74) is 1.66. The van der Waals surface area contributed by atoms with E-state index in [1.807, 2.05) is 18.2 Å². The lowest BCUT2D eigenvalue weighted by atomic mass is 10.1. The van der Waals surface area contributed by atoms with Crippen molar-refractivity contribution >= 4 is 11.9 Å². The molecule has 25 heavy (non-hydrogen) atoms. The third kappa shape index (κ3) is 3.76. The minimum atomic E-state index is -1.05. The normalized spacial score (nSPS) is 13.2. The van der Waals surface area contributed by atoms with E-state index in [2.05, 4.69) is 5.32 Å². The Morgan fingerprint density at radius 2 is 2.04 bits per heavy atom. The lowest BCUT2D eigenvalue weighted by Crippen LogP contribution is -2.24. The highest BCUT2D eigenvalue weighted by atomic mass is 16.5. The first-order chi connectivity index (χ1) is 12.1.